The van der Waals surface area contributed by atoms with E-state index in [9.17, 15) is 18.0 Å². The van der Waals surface area contributed by atoms with Crippen LogP contribution in [0.4, 0.5) is 13.2 Å². The average Bonchev–Trinajstić information content (AvgIpc) is 3.28. The summed E-state index contributed by atoms with van der Waals surface area (Å²) in [5.41, 5.74) is 2.90. The van der Waals surface area contributed by atoms with Crippen LogP contribution in [0.5, 0.6) is 5.75 Å². The van der Waals surface area contributed by atoms with Crippen LogP contribution in [0, 0.1) is 0 Å². The number of ether oxygens (including phenoxy) is 1. The van der Waals surface area contributed by atoms with Crippen LogP contribution in [0.15, 0.2) is 67.0 Å². The minimum Gasteiger partial charge on any atom is -0.406 e. The first-order valence-corrected chi connectivity index (χ1v) is 10.8. The SMILES string of the molecule is O=C(CCc1cnn(-c2ccccc2)c1)N1CCN(Cc2ccc(OC(F)(F)F)cc2)CC1. The number of para-hydroxylation sites is 1. The summed E-state index contributed by atoms with van der Waals surface area (Å²) in [7, 11) is 0. The van der Waals surface area contributed by atoms with Crippen LogP contribution < -0.4 is 4.74 Å². The highest BCUT2D eigenvalue weighted by molar-refractivity contribution is 5.76. The van der Waals surface area contributed by atoms with Gasteiger partial charge in [0.05, 0.1) is 11.9 Å². The van der Waals surface area contributed by atoms with Crippen molar-refractivity contribution in [1.82, 2.24) is 19.6 Å². The number of amides is 1. The lowest BCUT2D eigenvalue weighted by atomic mass is 10.1. The Bertz CT molecular complexity index is 1040. The molecule has 0 radical (unpaired) electrons. The maximum Gasteiger partial charge on any atom is 0.573 e. The number of piperazine rings is 1. The first kappa shape index (κ1) is 22.8. The minimum absolute atomic E-state index is 0.121. The molecule has 1 fully saturated rings. The Kier molecular flexibility index (Phi) is 6.98. The van der Waals surface area contributed by atoms with Gasteiger partial charge < -0.3 is 9.64 Å². The molecule has 6 nitrogen and oxygen atoms in total. The molecule has 4 rings (SSSR count). The van der Waals surface area contributed by atoms with Crippen molar-refractivity contribution in [3.8, 4) is 11.4 Å². The van der Waals surface area contributed by atoms with Crippen molar-refractivity contribution in [2.24, 2.45) is 0 Å². The van der Waals surface area contributed by atoms with Crippen LogP contribution in [0.25, 0.3) is 5.69 Å². The molecule has 0 N–H and O–H groups in total. The molecular formula is C24H25F3N4O2. The monoisotopic (exact) mass is 458 g/mol. The lowest BCUT2D eigenvalue weighted by Crippen LogP contribution is -2.48. The van der Waals surface area contributed by atoms with E-state index in [2.05, 4.69) is 14.7 Å². The van der Waals surface area contributed by atoms with Crippen molar-refractivity contribution in [3.63, 3.8) is 0 Å². The van der Waals surface area contributed by atoms with Gasteiger partial charge in [0.25, 0.3) is 0 Å². The summed E-state index contributed by atoms with van der Waals surface area (Å²) in [6.07, 6.45) is 0.126. The van der Waals surface area contributed by atoms with Crippen molar-refractivity contribution in [2.45, 2.75) is 25.7 Å². The van der Waals surface area contributed by atoms with Crippen LogP contribution in [0.3, 0.4) is 0 Å². The van der Waals surface area contributed by atoms with Gasteiger partial charge in [-0.2, -0.15) is 5.10 Å². The third-order valence-corrected chi connectivity index (χ3v) is 5.57. The Morgan fingerprint density at radius 1 is 0.939 bits per heavy atom. The van der Waals surface area contributed by atoms with Crippen LogP contribution in [0.1, 0.15) is 17.5 Å². The summed E-state index contributed by atoms with van der Waals surface area (Å²) < 4.78 is 42.5. The maximum absolute atomic E-state index is 12.6. The number of aromatic nitrogens is 2. The third-order valence-electron chi connectivity index (χ3n) is 5.57. The number of benzene rings is 2. The van der Waals surface area contributed by atoms with E-state index in [1.54, 1.807) is 23.0 Å². The smallest absolute Gasteiger partial charge is 0.406 e. The fourth-order valence-electron chi connectivity index (χ4n) is 3.83. The lowest BCUT2D eigenvalue weighted by molar-refractivity contribution is -0.274. The van der Waals surface area contributed by atoms with Gasteiger partial charge in [0.15, 0.2) is 0 Å². The average molecular weight is 458 g/mol. The van der Waals surface area contributed by atoms with Crippen LogP contribution >= 0.6 is 0 Å². The predicted octanol–water partition coefficient (Wildman–Crippen LogP) is 4.05. The molecule has 1 saturated heterocycles. The van der Waals surface area contributed by atoms with Crippen LogP contribution in [-0.4, -0.2) is 58.0 Å². The molecule has 1 aliphatic heterocycles. The number of hydrogen-bond acceptors (Lipinski definition) is 4. The molecule has 1 aliphatic rings. The van der Waals surface area contributed by atoms with Gasteiger partial charge in [0.2, 0.25) is 5.91 Å². The minimum atomic E-state index is -4.69. The number of carbonyl (C=O) groups excluding carboxylic acids is 1. The van der Waals surface area contributed by atoms with Gasteiger partial charge in [-0.05, 0) is 41.8 Å². The molecule has 9 heteroatoms. The van der Waals surface area contributed by atoms with Gasteiger partial charge in [-0.1, -0.05) is 30.3 Å². The first-order valence-electron chi connectivity index (χ1n) is 10.8. The predicted molar refractivity (Wildman–Crippen MR) is 117 cm³/mol. The van der Waals surface area contributed by atoms with Gasteiger partial charge in [0.1, 0.15) is 5.75 Å². The summed E-state index contributed by atoms with van der Waals surface area (Å²) >= 11 is 0. The van der Waals surface area contributed by atoms with Crippen molar-refractivity contribution in [2.75, 3.05) is 26.2 Å². The molecular weight excluding hydrogens is 433 g/mol. The standard InChI is InChI=1S/C24H25F3N4O2/c25-24(26,27)33-22-9-6-19(7-10-22)17-29-12-14-30(15-13-29)23(32)11-8-20-16-28-31(18-20)21-4-2-1-3-5-21/h1-7,9-10,16,18H,8,11-15,17H2. The number of rotatable bonds is 7. The Labute approximate surface area is 190 Å². The molecule has 3 aromatic rings. The number of aryl methyl sites for hydroxylation is 1. The summed E-state index contributed by atoms with van der Waals surface area (Å²) in [4.78, 5) is 16.7. The molecule has 0 saturated carbocycles. The van der Waals surface area contributed by atoms with Gasteiger partial charge in [0, 0.05) is 45.3 Å². The number of nitrogens with zero attached hydrogens (tertiary/aromatic N) is 4. The lowest BCUT2D eigenvalue weighted by Gasteiger charge is -2.34. The second-order valence-electron chi connectivity index (χ2n) is 7.98. The maximum atomic E-state index is 12.6. The van der Waals surface area contributed by atoms with E-state index >= 15 is 0 Å². The summed E-state index contributed by atoms with van der Waals surface area (Å²) in [5.74, 6) is -0.105. The fourth-order valence-corrected chi connectivity index (χ4v) is 3.83. The van der Waals surface area contributed by atoms with Gasteiger partial charge in [-0.15, -0.1) is 13.2 Å². The normalized spacial score (nSPS) is 14.9. The molecule has 33 heavy (non-hydrogen) atoms. The molecule has 2 aromatic carbocycles. The largest absolute Gasteiger partial charge is 0.573 e. The van der Waals surface area contributed by atoms with E-state index in [0.717, 1.165) is 29.9 Å². The van der Waals surface area contributed by atoms with Crippen molar-refractivity contribution in [3.05, 3.63) is 78.1 Å². The Hall–Kier alpha value is -3.33. The molecule has 0 bridgehead atoms. The highest BCUT2D eigenvalue weighted by atomic mass is 19.4. The van der Waals surface area contributed by atoms with Crippen LogP contribution in [-0.2, 0) is 17.8 Å². The zero-order valence-corrected chi connectivity index (χ0v) is 18.0. The Morgan fingerprint density at radius 3 is 2.30 bits per heavy atom. The Morgan fingerprint density at radius 2 is 1.64 bits per heavy atom. The third kappa shape index (κ3) is 6.58. The zero-order valence-electron chi connectivity index (χ0n) is 18.0. The quantitative estimate of drug-likeness (QED) is 0.536. The number of hydrogen-bond donors (Lipinski definition) is 0. The molecule has 0 atom stereocenters. The second-order valence-corrected chi connectivity index (χ2v) is 7.98. The van der Waals surface area contributed by atoms with E-state index in [-0.39, 0.29) is 11.7 Å². The topological polar surface area (TPSA) is 50.6 Å². The summed E-state index contributed by atoms with van der Waals surface area (Å²) in [5, 5.41) is 4.37. The van der Waals surface area contributed by atoms with Gasteiger partial charge in [-0.3, -0.25) is 9.69 Å². The second kappa shape index (κ2) is 10.1. The van der Waals surface area contributed by atoms with Crippen LogP contribution in [0.2, 0.25) is 0 Å². The summed E-state index contributed by atoms with van der Waals surface area (Å²) in [6, 6.07) is 15.7. The molecule has 174 valence electrons. The van der Waals surface area contributed by atoms with E-state index < -0.39 is 6.36 Å². The number of halogens is 3. The van der Waals surface area contributed by atoms with E-state index in [4.69, 9.17) is 0 Å². The molecule has 1 amide bonds. The van der Waals surface area contributed by atoms with E-state index in [1.165, 1.54) is 12.1 Å². The highest BCUT2D eigenvalue weighted by Crippen LogP contribution is 2.23. The first-order chi connectivity index (χ1) is 15.9. The molecule has 0 aliphatic carbocycles. The molecule has 1 aromatic heterocycles. The zero-order chi connectivity index (χ0) is 23.3. The molecule has 0 spiro atoms. The number of carbonyl (C=O) groups is 1. The van der Waals surface area contributed by atoms with Gasteiger partial charge >= 0.3 is 6.36 Å². The molecule has 0 unspecified atom stereocenters. The number of alkyl halides is 3. The van der Waals surface area contributed by atoms with E-state index in [1.807, 2.05) is 41.4 Å². The highest BCUT2D eigenvalue weighted by Gasteiger charge is 2.31. The van der Waals surface area contributed by atoms with Crippen molar-refractivity contribution < 1.29 is 22.7 Å². The van der Waals surface area contributed by atoms with Crippen molar-refractivity contribution >= 4 is 5.91 Å². The van der Waals surface area contributed by atoms with E-state index in [0.29, 0.717) is 32.5 Å². The summed E-state index contributed by atoms with van der Waals surface area (Å²) in [6.45, 7) is 3.33. The van der Waals surface area contributed by atoms with Gasteiger partial charge in [-0.25, -0.2) is 4.68 Å². The molecule has 2 heterocycles. The van der Waals surface area contributed by atoms with Crippen molar-refractivity contribution in [1.29, 1.82) is 0 Å². The Balaban J connectivity index is 1.20. The fraction of sp³-hybridized carbons (Fsp3) is 0.333.